The number of carbonyl (C=O) groups is 1. The average molecular weight is 330 g/mol. The van der Waals surface area contributed by atoms with E-state index in [4.69, 9.17) is 0 Å². The van der Waals surface area contributed by atoms with Crippen molar-refractivity contribution >= 4 is 23.4 Å². The first kappa shape index (κ1) is 16.1. The third-order valence-corrected chi connectivity index (χ3v) is 4.88. The van der Waals surface area contributed by atoms with Crippen molar-refractivity contribution in [2.45, 2.75) is 20.0 Å². The predicted octanol–water partition coefficient (Wildman–Crippen LogP) is 2.70. The van der Waals surface area contributed by atoms with Gasteiger partial charge in [0.25, 0.3) is 5.91 Å². The Morgan fingerprint density at radius 3 is 2.65 bits per heavy atom. The fraction of sp³-hybridized carbons (Fsp3) is 0.412. The first-order valence-corrected chi connectivity index (χ1v) is 9.13. The molecule has 3 rings (SSSR count). The molecule has 2 heterocycles. The second kappa shape index (κ2) is 7.66. The Morgan fingerprint density at radius 2 is 2.00 bits per heavy atom. The summed E-state index contributed by atoms with van der Waals surface area (Å²) in [5.74, 6) is 2.33. The minimum absolute atomic E-state index is 0.0958. The van der Waals surface area contributed by atoms with Crippen LogP contribution in [0, 0.1) is 0 Å². The molecule has 0 spiro atoms. The van der Waals surface area contributed by atoms with Crippen LogP contribution in [0.4, 0.5) is 5.69 Å². The SMILES string of the molecule is CCn1cc(NC(=O)c2ccc(CN3CCSCC3)cc2)cn1. The lowest BCUT2D eigenvalue weighted by atomic mass is 10.1. The summed E-state index contributed by atoms with van der Waals surface area (Å²) in [5, 5.41) is 7.03. The zero-order valence-electron chi connectivity index (χ0n) is 13.4. The number of anilines is 1. The molecule has 6 heteroatoms. The van der Waals surface area contributed by atoms with Crippen LogP contribution < -0.4 is 5.32 Å². The third kappa shape index (κ3) is 4.36. The lowest BCUT2D eigenvalue weighted by molar-refractivity contribution is 0.102. The number of rotatable bonds is 5. The van der Waals surface area contributed by atoms with Crippen LogP contribution in [-0.4, -0.2) is 45.2 Å². The highest BCUT2D eigenvalue weighted by atomic mass is 32.2. The average Bonchev–Trinajstić information content (AvgIpc) is 3.04. The van der Waals surface area contributed by atoms with E-state index in [0.29, 0.717) is 5.56 Å². The summed E-state index contributed by atoms with van der Waals surface area (Å²) in [4.78, 5) is 14.7. The molecule has 1 aromatic heterocycles. The lowest BCUT2D eigenvalue weighted by Crippen LogP contribution is -2.31. The number of nitrogens with zero attached hydrogens (tertiary/aromatic N) is 3. The van der Waals surface area contributed by atoms with Gasteiger partial charge in [-0.2, -0.15) is 16.9 Å². The molecule has 0 aliphatic carbocycles. The molecular formula is C17H22N4OS. The van der Waals surface area contributed by atoms with Gasteiger partial charge in [-0.05, 0) is 24.6 Å². The van der Waals surface area contributed by atoms with Gasteiger partial charge in [0, 0.05) is 49.4 Å². The van der Waals surface area contributed by atoms with Crippen molar-refractivity contribution in [2.24, 2.45) is 0 Å². The summed E-state index contributed by atoms with van der Waals surface area (Å²) >= 11 is 2.02. The highest BCUT2D eigenvalue weighted by Gasteiger charge is 2.12. The van der Waals surface area contributed by atoms with Gasteiger partial charge < -0.3 is 5.32 Å². The van der Waals surface area contributed by atoms with Gasteiger partial charge in [-0.25, -0.2) is 0 Å². The van der Waals surface area contributed by atoms with E-state index in [-0.39, 0.29) is 5.91 Å². The molecule has 2 aromatic rings. The maximum Gasteiger partial charge on any atom is 0.255 e. The first-order chi connectivity index (χ1) is 11.2. The maximum absolute atomic E-state index is 12.3. The van der Waals surface area contributed by atoms with Crippen LogP contribution in [-0.2, 0) is 13.1 Å². The van der Waals surface area contributed by atoms with E-state index >= 15 is 0 Å². The number of benzene rings is 1. The molecule has 5 nitrogen and oxygen atoms in total. The molecular weight excluding hydrogens is 308 g/mol. The maximum atomic E-state index is 12.3. The monoisotopic (exact) mass is 330 g/mol. The molecule has 1 N–H and O–H groups in total. The number of hydrogen-bond donors (Lipinski definition) is 1. The Hall–Kier alpha value is -1.79. The number of aryl methyl sites for hydroxylation is 1. The number of thioether (sulfide) groups is 1. The summed E-state index contributed by atoms with van der Waals surface area (Å²) in [7, 11) is 0. The molecule has 1 aliphatic rings. The normalized spacial score (nSPS) is 15.5. The van der Waals surface area contributed by atoms with E-state index in [1.54, 1.807) is 10.9 Å². The van der Waals surface area contributed by atoms with Crippen LogP contribution in [0.2, 0.25) is 0 Å². The summed E-state index contributed by atoms with van der Waals surface area (Å²) < 4.78 is 1.79. The molecule has 1 aliphatic heterocycles. The number of nitrogens with one attached hydrogen (secondary N) is 1. The van der Waals surface area contributed by atoms with Crippen LogP contribution >= 0.6 is 11.8 Å². The van der Waals surface area contributed by atoms with E-state index in [9.17, 15) is 4.79 Å². The van der Waals surface area contributed by atoms with Crippen LogP contribution in [0.1, 0.15) is 22.8 Å². The van der Waals surface area contributed by atoms with Crippen molar-refractivity contribution in [2.75, 3.05) is 29.9 Å². The van der Waals surface area contributed by atoms with E-state index in [1.165, 1.54) is 17.1 Å². The van der Waals surface area contributed by atoms with Gasteiger partial charge in [0.2, 0.25) is 0 Å². The Balaban J connectivity index is 1.58. The summed E-state index contributed by atoms with van der Waals surface area (Å²) in [6.45, 7) is 6.06. The highest BCUT2D eigenvalue weighted by Crippen LogP contribution is 2.14. The van der Waals surface area contributed by atoms with Crippen LogP contribution in [0.15, 0.2) is 36.7 Å². The molecule has 1 fully saturated rings. The number of carbonyl (C=O) groups excluding carboxylic acids is 1. The van der Waals surface area contributed by atoms with Crippen LogP contribution in [0.5, 0.6) is 0 Å². The topological polar surface area (TPSA) is 50.2 Å². The Labute approximate surface area is 141 Å². The number of amides is 1. The van der Waals surface area contributed by atoms with Crippen molar-refractivity contribution in [3.8, 4) is 0 Å². The molecule has 0 atom stereocenters. The Bertz CT molecular complexity index is 647. The van der Waals surface area contributed by atoms with Gasteiger partial charge in [-0.15, -0.1) is 0 Å². The van der Waals surface area contributed by atoms with Crippen molar-refractivity contribution in [1.82, 2.24) is 14.7 Å². The van der Waals surface area contributed by atoms with Gasteiger partial charge in [0.15, 0.2) is 0 Å². The van der Waals surface area contributed by atoms with Gasteiger partial charge in [-0.1, -0.05) is 12.1 Å². The van der Waals surface area contributed by atoms with Gasteiger partial charge >= 0.3 is 0 Å². The lowest BCUT2D eigenvalue weighted by Gasteiger charge is -2.26. The van der Waals surface area contributed by atoms with Gasteiger partial charge in [0.1, 0.15) is 0 Å². The Morgan fingerprint density at radius 1 is 1.26 bits per heavy atom. The van der Waals surface area contributed by atoms with Crippen molar-refractivity contribution < 1.29 is 4.79 Å². The molecule has 1 amide bonds. The van der Waals surface area contributed by atoms with Gasteiger partial charge in [-0.3, -0.25) is 14.4 Å². The smallest absolute Gasteiger partial charge is 0.255 e. The number of hydrogen-bond acceptors (Lipinski definition) is 4. The fourth-order valence-electron chi connectivity index (χ4n) is 2.58. The predicted molar refractivity (Wildman–Crippen MR) is 94.9 cm³/mol. The second-order valence-electron chi connectivity index (χ2n) is 5.62. The van der Waals surface area contributed by atoms with Crippen molar-refractivity contribution in [3.05, 3.63) is 47.8 Å². The summed E-state index contributed by atoms with van der Waals surface area (Å²) in [6.07, 6.45) is 3.50. The number of aromatic nitrogens is 2. The zero-order chi connectivity index (χ0) is 16.1. The van der Waals surface area contributed by atoms with E-state index < -0.39 is 0 Å². The van der Waals surface area contributed by atoms with Crippen molar-refractivity contribution in [3.63, 3.8) is 0 Å². The molecule has 0 radical (unpaired) electrons. The van der Waals surface area contributed by atoms with E-state index in [1.807, 2.05) is 49.1 Å². The highest BCUT2D eigenvalue weighted by molar-refractivity contribution is 7.99. The standard InChI is InChI=1S/C17H22N4OS/c1-2-21-13-16(11-18-21)19-17(22)15-5-3-14(4-6-15)12-20-7-9-23-10-8-20/h3-6,11,13H,2,7-10,12H2,1H3,(H,19,22). The fourth-order valence-corrected chi connectivity index (χ4v) is 3.56. The van der Waals surface area contributed by atoms with E-state index in [0.717, 1.165) is 31.9 Å². The van der Waals surface area contributed by atoms with Crippen molar-refractivity contribution in [1.29, 1.82) is 0 Å². The van der Waals surface area contributed by atoms with Crippen LogP contribution in [0.25, 0.3) is 0 Å². The van der Waals surface area contributed by atoms with E-state index in [2.05, 4.69) is 15.3 Å². The minimum Gasteiger partial charge on any atom is -0.319 e. The quantitative estimate of drug-likeness (QED) is 0.916. The first-order valence-electron chi connectivity index (χ1n) is 7.97. The zero-order valence-corrected chi connectivity index (χ0v) is 14.2. The summed E-state index contributed by atoms with van der Waals surface area (Å²) in [5.41, 5.74) is 2.66. The third-order valence-electron chi connectivity index (χ3n) is 3.94. The molecule has 0 saturated carbocycles. The molecule has 122 valence electrons. The largest absolute Gasteiger partial charge is 0.319 e. The molecule has 1 aromatic carbocycles. The summed E-state index contributed by atoms with van der Waals surface area (Å²) in [6, 6.07) is 7.89. The van der Waals surface area contributed by atoms with Crippen LogP contribution in [0.3, 0.4) is 0 Å². The minimum atomic E-state index is -0.0958. The molecule has 0 bridgehead atoms. The molecule has 23 heavy (non-hydrogen) atoms. The van der Waals surface area contributed by atoms with Gasteiger partial charge in [0.05, 0.1) is 11.9 Å². The molecule has 1 saturated heterocycles. The molecule has 0 unspecified atom stereocenters. The second-order valence-corrected chi connectivity index (χ2v) is 6.85. The Kier molecular flexibility index (Phi) is 5.35.